The fourth-order valence-electron chi connectivity index (χ4n) is 2.48. The maximum atomic E-state index is 11.9. The van der Waals surface area contributed by atoms with E-state index in [2.05, 4.69) is 21.2 Å². The first-order valence-corrected chi connectivity index (χ1v) is 8.68. The van der Waals surface area contributed by atoms with Gasteiger partial charge in [0.25, 0.3) is 5.91 Å². The quantitative estimate of drug-likeness (QED) is 0.734. The molecule has 6 nitrogen and oxygen atoms in total. The predicted octanol–water partition coefficient (Wildman–Crippen LogP) is 3.37. The van der Waals surface area contributed by atoms with E-state index in [1.54, 1.807) is 26.3 Å². The molecule has 0 atom stereocenters. The highest BCUT2D eigenvalue weighted by Gasteiger charge is 2.26. The number of amides is 1. The number of methoxy groups -OCH3 is 1. The minimum atomic E-state index is -0.299. The van der Waals surface area contributed by atoms with Crippen LogP contribution in [-0.2, 0) is 11.4 Å². The summed E-state index contributed by atoms with van der Waals surface area (Å²) in [4.78, 5) is 13.4. The molecule has 1 saturated heterocycles. The first-order valence-electron chi connectivity index (χ1n) is 7.88. The van der Waals surface area contributed by atoms with Gasteiger partial charge in [-0.1, -0.05) is 34.1 Å². The van der Waals surface area contributed by atoms with Crippen LogP contribution in [-0.4, -0.2) is 30.9 Å². The largest absolute Gasteiger partial charge is 0.493 e. The molecular formula is C19H18BrN3O3. The Bertz CT molecular complexity index is 878. The van der Waals surface area contributed by atoms with Crippen molar-refractivity contribution in [3.63, 3.8) is 0 Å². The van der Waals surface area contributed by atoms with E-state index < -0.39 is 0 Å². The molecule has 0 bridgehead atoms. The van der Waals surface area contributed by atoms with Crippen molar-refractivity contribution in [2.24, 2.45) is 0 Å². The van der Waals surface area contributed by atoms with Crippen LogP contribution < -0.4 is 14.8 Å². The van der Waals surface area contributed by atoms with Crippen molar-refractivity contribution in [1.82, 2.24) is 10.2 Å². The Kier molecular flexibility index (Phi) is 5.27. The normalized spacial score (nSPS) is 15.3. The third-order valence-electron chi connectivity index (χ3n) is 3.96. The average molecular weight is 416 g/mol. The number of ether oxygens (including phenoxy) is 2. The van der Waals surface area contributed by atoms with Crippen molar-refractivity contribution >= 4 is 33.9 Å². The summed E-state index contributed by atoms with van der Waals surface area (Å²) in [5.74, 6) is 0.955. The number of likely N-dealkylation sites (N-methyl/N-ethyl adjacent to an activating group) is 1. The van der Waals surface area contributed by atoms with Gasteiger partial charge in [0.1, 0.15) is 12.3 Å². The molecule has 2 aromatic rings. The van der Waals surface area contributed by atoms with Crippen LogP contribution in [0.15, 0.2) is 52.6 Å². The summed E-state index contributed by atoms with van der Waals surface area (Å²) >= 11 is 3.41. The fraction of sp³-hybridized carbons (Fsp3) is 0.158. The minimum Gasteiger partial charge on any atom is -0.493 e. The molecule has 0 unspecified atom stereocenters. The van der Waals surface area contributed by atoms with Crippen LogP contribution in [0.3, 0.4) is 0 Å². The molecule has 3 rings (SSSR count). The number of carbonyl (C=O) groups excluding carboxylic acids is 1. The second-order valence-electron chi connectivity index (χ2n) is 5.72. The van der Waals surface area contributed by atoms with Gasteiger partial charge in [-0.05, 0) is 41.5 Å². The number of guanidine groups is 1. The molecule has 1 fully saturated rings. The first kappa shape index (κ1) is 18.0. The Morgan fingerprint density at radius 3 is 2.54 bits per heavy atom. The summed E-state index contributed by atoms with van der Waals surface area (Å²) in [6, 6.07) is 13.3. The van der Waals surface area contributed by atoms with E-state index in [1.807, 2.05) is 36.4 Å². The predicted molar refractivity (Wildman–Crippen MR) is 103 cm³/mol. The lowest BCUT2D eigenvalue weighted by Crippen LogP contribution is -2.25. The zero-order chi connectivity index (χ0) is 18.7. The summed E-state index contributed by atoms with van der Waals surface area (Å²) in [5, 5.41) is 10.1. The van der Waals surface area contributed by atoms with Crippen molar-refractivity contribution in [3.05, 3.63) is 63.8 Å². The molecule has 1 aliphatic heterocycles. The van der Waals surface area contributed by atoms with Gasteiger partial charge in [-0.25, -0.2) is 0 Å². The van der Waals surface area contributed by atoms with Crippen molar-refractivity contribution in [2.75, 3.05) is 14.2 Å². The molecule has 0 aromatic heterocycles. The molecule has 0 aliphatic carbocycles. The Labute approximate surface area is 160 Å². The number of hydrogen-bond acceptors (Lipinski definition) is 4. The molecule has 134 valence electrons. The van der Waals surface area contributed by atoms with Gasteiger partial charge in [0.15, 0.2) is 11.5 Å². The van der Waals surface area contributed by atoms with Crippen molar-refractivity contribution in [1.29, 1.82) is 5.41 Å². The van der Waals surface area contributed by atoms with E-state index >= 15 is 0 Å². The number of hydrogen-bond donors (Lipinski definition) is 2. The molecule has 2 N–H and O–H groups in total. The summed E-state index contributed by atoms with van der Waals surface area (Å²) in [5.41, 5.74) is 2.23. The van der Waals surface area contributed by atoms with Crippen molar-refractivity contribution < 1.29 is 14.3 Å². The smallest absolute Gasteiger partial charge is 0.274 e. The van der Waals surface area contributed by atoms with Gasteiger partial charge in [-0.15, -0.1) is 0 Å². The van der Waals surface area contributed by atoms with Gasteiger partial charge >= 0.3 is 0 Å². The van der Waals surface area contributed by atoms with E-state index in [0.717, 1.165) is 15.6 Å². The summed E-state index contributed by atoms with van der Waals surface area (Å²) in [6.45, 7) is 0.423. The standard InChI is InChI=1S/C19H18BrN3O3/c1-23-15(18(24)22-19(23)21)9-13-5-8-16(17(10-13)25-2)26-11-12-3-6-14(20)7-4-12/h3-10H,11H2,1-2H3,(H2,21,22,24). The van der Waals surface area contributed by atoms with E-state index in [-0.39, 0.29) is 11.9 Å². The van der Waals surface area contributed by atoms with Gasteiger partial charge in [-0.2, -0.15) is 0 Å². The maximum Gasteiger partial charge on any atom is 0.274 e. The third-order valence-corrected chi connectivity index (χ3v) is 4.49. The molecule has 2 aromatic carbocycles. The van der Waals surface area contributed by atoms with Gasteiger partial charge in [0, 0.05) is 11.5 Å². The highest BCUT2D eigenvalue weighted by molar-refractivity contribution is 9.10. The Morgan fingerprint density at radius 1 is 1.19 bits per heavy atom. The van der Waals surface area contributed by atoms with E-state index in [0.29, 0.717) is 23.8 Å². The SMILES string of the molecule is COc1cc(C=C2C(=O)NC(=N)N2C)ccc1OCc1ccc(Br)cc1. The monoisotopic (exact) mass is 415 g/mol. The van der Waals surface area contributed by atoms with Crippen LogP contribution in [0.5, 0.6) is 11.5 Å². The van der Waals surface area contributed by atoms with E-state index in [4.69, 9.17) is 14.9 Å². The number of rotatable bonds is 5. The molecular weight excluding hydrogens is 398 g/mol. The first-order chi connectivity index (χ1) is 12.5. The molecule has 1 heterocycles. The second-order valence-corrected chi connectivity index (χ2v) is 6.63. The van der Waals surface area contributed by atoms with Gasteiger partial charge in [0.05, 0.1) is 7.11 Å². The molecule has 1 amide bonds. The molecule has 0 saturated carbocycles. The summed E-state index contributed by atoms with van der Waals surface area (Å²) < 4.78 is 12.3. The zero-order valence-electron chi connectivity index (χ0n) is 14.4. The number of benzene rings is 2. The van der Waals surface area contributed by atoms with Crippen LogP contribution in [0.2, 0.25) is 0 Å². The van der Waals surface area contributed by atoms with Crippen LogP contribution >= 0.6 is 15.9 Å². The lowest BCUT2D eigenvalue weighted by Gasteiger charge is -2.12. The highest BCUT2D eigenvalue weighted by Crippen LogP contribution is 2.30. The van der Waals surface area contributed by atoms with Crippen LogP contribution in [0.1, 0.15) is 11.1 Å². The Morgan fingerprint density at radius 2 is 1.92 bits per heavy atom. The Hall–Kier alpha value is -2.80. The lowest BCUT2D eigenvalue weighted by molar-refractivity contribution is -0.115. The summed E-state index contributed by atoms with van der Waals surface area (Å²) in [6.07, 6.45) is 1.71. The van der Waals surface area contributed by atoms with Gasteiger partial charge < -0.3 is 14.4 Å². The third kappa shape index (κ3) is 3.88. The van der Waals surface area contributed by atoms with Crippen LogP contribution in [0.25, 0.3) is 6.08 Å². The summed E-state index contributed by atoms with van der Waals surface area (Å²) in [7, 11) is 3.24. The second kappa shape index (κ2) is 7.61. The number of nitrogens with one attached hydrogen (secondary N) is 2. The van der Waals surface area contributed by atoms with Crippen molar-refractivity contribution in [2.45, 2.75) is 6.61 Å². The van der Waals surface area contributed by atoms with Gasteiger partial charge in [0.2, 0.25) is 5.96 Å². The molecule has 1 aliphatic rings. The minimum absolute atomic E-state index is 0.0580. The molecule has 7 heteroatoms. The molecule has 0 spiro atoms. The molecule has 26 heavy (non-hydrogen) atoms. The zero-order valence-corrected chi connectivity index (χ0v) is 16.0. The topological polar surface area (TPSA) is 74.7 Å². The van der Waals surface area contributed by atoms with E-state index in [1.165, 1.54) is 4.90 Å². The highest BCUT2D eigenvalue weighted by atomic mass is 79.9. The molecule has 0 radical (unpaired) electrons. The average Bonchev–Trinajstić information content (AvgIpc) is 2.88. The number of nitrogens with zero attached hydrogens (tertiary/aromatic N) is 1. The van der Waals surface area contributed by atoms with Gasteiger partial charge in [-0.3, -0.25) is 15.5 Å². The number of halogens is 1. The lowest BCUT2D eigenvalue weighted by atomic mass is 10.1. The number of carbonyl (C=O) groups is 1. The van der Waals surface area contributed by atoms with Crippen LogP contribution in [0, 0.1) is 5.41 Å². The van der Waals surface area contributed by atoms with Crippen LogP contribution in [0.4, 0.5) is 0 Å². The van der Waals surface area contributed by atoms with Crippen molar-refractivity contribution in [3.8, 4) is 11.5 Å². The van der Waals surface area contributed by atoms with E-state index in [9.17, 15) is 4.79 Å². The fourth-order valence-corrected chi connectivity index (χ4v) is 2.75. The Balaban J connectivity index is 1.78. The maximum absolute atomic E-state index is 11.9.